The first kappa shape index (κ1) is 25.0. The summed E-state index contributed by atoms with van der Waals surface area (Å²) >= 11 is 0. The van der Waals surface area contributed by atoms with E-state index in [4.69, 9.17) is 4.74 Å². The topological polar surface area (TPSA) is 52.1 Å². The predicted octanol–water partition coefficient (Wildman–Crippen LogP) is 2.36. The van der Waals surface area contributed by atoms with Crippen molar-refractivity contribution in [3.63, 3.8) is 0 Å². The average molecular weight is 503 g/mol. The van der Waals surface area contributed by atoms with Crippen LogP contribution >= 0.6 is 24.0 Å². The van der Waals surface area contributed by atoms with E-state index in [0.717, 1.165) is 44.2 Å². The molecular formula is C21H38IN5O. The molecule has 7 heteroatoms. The van der Waals surface area contributed by atoms with Crippen LogP contribution in [0.25, 0.3) is 0 Å². The zero-order chi connectivity index (χ0) is 19.5. The van der Waals surface area contributed by atoms with Crippen LogP contribution in [-0.2, 0) is 6.42 Å². The molecule has 1 saturated heterocycles. The molecule has 0 bridgehead atoms. The van der Waals surface area contributed by atoms with Crippen molar-refractivity contribution in [3.8, 4) is 5.75 Å². The number of ether oxygens (including phenoxy) is 1. The number of halogens is 1. The summed E-state index contributed by atoms with van der Waals surface area (Å²) in [5.74, 6) is 1.82. The minimum absolute atomic E-state index is 0. The summed E-state index contributed by atoms with van der Waals surface area (Å²) in [5.41, 5.74) is 2.49. The van der Waals surface area contributed by atoms with Gasteiger partial charge in [-0.1, -0.05) is 17.7 Å². The van der Waals surface area contributed by atoms with E-state index in [0.29, 0.717) is 0 Å². The Morgan fingerprint density at radius 1 is 1.14 bits per heavy atom. The molecule has 0 aliphatic carbocycles. The van der Waals surface area contributed by atoms with Gasteiger partial charge in [0.2, 0.25) is 0 Å². The van der Waals surface area contributed by atoms with Gasteiger partial charge in [0, 0.05) is 33.2 Å². The van der Waals surface area contributed by atoms with Gasteiger partial charge in [0.1, 0.15) is 5.75 Å². The standard InChI is InChI=1S/C21H37N5O.HI/c1-18-7-8-20(27-4)19(17-18)9-11-24-21(22-2)23-10-5-13-26-14-6-12-25(3)15-16-26;/h7-8,17H,5-6,9-16H2,1-4H3,(H2,22,23,24);1H. The molecule has 1 aromatic carbocycles. The molecule has 0 atom stereocenters. The van der Waals surface area contributed by atoms with Gasteiger partial charge in [-0.2, -0.15) is 0 Å². The number of nitrogens with zero attached hydrogens (tertiary/aromatic N) is 3. The molecule has 1 aliphatic rings. The lowest BCUT2D eigenvalue weighted by molar-refractivity contribution is 0.274. The Morgan fingerprint density at radius 2 is 1.93 bits per heavy atom. The first-order valence-electron chi connectivity index (χ1n) is 10.1. The second-order valence-corrected chi connectivity index (χ2v) is 7.34. The number of aryl methyl sites for hydroxylation is 1. The van der Waals surface area contributed by atoms with Gasteiger partial charge >= 0.3 is 0 Å². The lowest BCUT2D eigenvalue weighted by atomic mass is 10.1. The number of nitrogens with one attached hydrogen (secondary N) is 2. The van der Waals surface area contributed by atoms with Crippen LogP contribution < -0.4 is 15.4 Å². The van der Waals surface area contributed by atoms with Crippen LogP contribution in [0, 0.1) is 6.92 Å². The highest BCUT2D eigenvalue weighted by atomic mass is 127. The summed E-state index contributed by atoms with van der Waals surface area (Å²) in [5, 5.41) is 6.84. The molecule has 6 nitrogen and oxygen atoms in total. The molecule has 1 fully saturated rings. The van der Waals surface area contributed by atoms with Gasteiger partial charge in [0.15, 0.2) is 5.96 Å². The molecule has 0 radical (unpaired) electrons. The van der Waals surface area contributed by atoms with E-state index < -0.39 is 0 Å². The second-order valence-electron chi connectivity index (χ2n) is 7.34. The third-order valence-electron chi connectivity index (χ3n) is 5.10. The Morgan fingerprint density at radius 3 is 2.68 bits per heavy atom. The highest BCUT2D eigenvalue weighted by Crippen LogP contribution is 2.19. The molecule has 0 saturated carbocycles. The van der Waals surface area contributed by atoms with Crippen molar-refractivity contribution in [3.05, 3.63) is 29.3 Å². The maximum atomic E-state index is 5.46. The van der Waals surface area contributed by atoms with Gasteiger partial charge in [-0.15, -0.1) is 24.0 Å². The molecule has 2 N–H and O–H groups in total. The van der Waals surface area contributed by atoms with E-state index in [1.165, 1.54) is 43.7 Å². The Bertz CT molecular complexity index is 596. The van der Waals surface area contributed by atoms with E-state index in [-0.39, 0.29) is 24.0 Å². The van der Waals surface area contributed by atoms with Crippen molar-refractivity contribution in [2.24, 2.45) is 4.99 Å². The Kier molecular flexibility index (Phi) is 12.5. The minimum Gasteiger partial charge on any atom is -0.496 e. The Balaban J connectivity index is 0.00000392. The molecule has 0 spiro atoms. The summed E-state index contributed by atoms with van der Waals surface area (Å²) in [7, 11) is 5.77. The van der Waals surface area contributed by atoms with Crippen LogP contribution in [0.2, 0.25) is 0 Å². The number of likely N-dealkylation sites (N-methyl/N-ethyl adjacent to an activating group) is 1. The number of guanidine groups is 1. The number of hydrogen-bond acceptors (Lipinski definition) is 4. The predicted molar refractivity (Wildman–Crippen MR) is 129 cm³/mol. The van der Waals surface area contributed by atoms with Gasteiger partial charge < -0.3 is 25.2 Å². The van der Waals surface area contributed by atoms with Crippen LogP contribution in [-0.4, -0.2) is 82.8 Å². The summed E-state index contributed by atoms with van der Waals surface area (Å²) in [4.78, 5) is 9.33. The quantitative estimate of drug-likeness (QED) is 0.247. The smallest absolute Gasteiger partial charge is 0.190 e. The maximum absolute atomic E-state index is 5.46. The van der Waals surface area contributed by atoms with Gasteiger partial charge in [-0.3, -0.25) is 4.99 Å². The fraction of sp³-hybridized carbons (Fsp3) is 0.667. The lowest BCUT2D eigenvalue weighted by Crippen LogP contribution is -2.40. The zero-order valence-corrected chi connectivity index (χ0v) is 20.3. The van der Waals surface area contributed by atoms with Crippen LogP contribution in [0.1, 0.15) is 24.0 Å². The minimum atomic E-state index is 0. The number of methoxy groups -OCH3 is 1. The normalized spacial score (nSPS) is 16.2. The second kappa shape index (κ2) is 14.0. The first-order chi connectivity index (χ1) is 13.1. The van der Waals surface area contributed by atoms with Crippen molar-refractivity contribution in [1.29, 1.82) is 0 Å². The first-order valence-corrected chi connectivity index (χ1v) is 10.1. The molecule has 160 valence electrons. The number of benzene rings is 1. The lowest BCUT2D eigenvalue weighted by Gasteiger charge is -2.20. The molecule has 0 unspecified atom stereocenters. The monoisotopic (exact) mass is 503 g/mol. The average Bonchev–Trinajstić information content (AvgIpc) is 2.88. The molecule has 1 heterocycles. The Labute approximate surface area is 188 Å². The van der Waals surface area contributed by atoms with Crippen LogP contribution in [0.5, 0.6) is 5.75 Å². The number of rotatable bonds is 8. The summed E-state index contributed by atoms with van der Waals surface area (Å²) in [6.45, 7) is 9.84. The fourth-order valence-corrected chi connectivity index (χ4v) is 3.47. The van der Waals surface area contributed by atoms with E-state index in [9.17, 15) is 0 Å². The van der Waals surface area contributed by atoms with E-state index in [1.54, 1.807) is 7.11 Å². The largest absolute Gasteiger partial charge is 0.496 e. The van der Waals surface area contributed by atoms with Gasteiger partial charge in [0.25, 0.3) is 0 Å². The zero-order valence-electron chi connectivity index (χ0n) is 18.0. The number of aliphatic imine (C=N–C) groups is 1. The maximum Gasteiger partial charge on any atom is 0.190 e. The van der Waals surface area contributed by atoms with Crippen molar-refractivity contribution in [2.45, 2.75) is 26.2 Å². The summed E-state index contributed by atoms with van der Waals surface area (Å²) < 4.78 is 5.46. The van der Waals surface area contributed by atoms with Crippen molar-refractivity contribution < 1.29 is 4.74 Å². The molecule has 0 aromatic heterocycles. The molecule has 0 amide bonds. The molecule has 1 aromatic rings. The van der Waals surface area contributed by atoms with Crippen LogP contribution in [0.4, 0.5) is 0 Å². The Hall–Kier alpha value is -1.06. The summed E-state index contributed by atoms with van der Waals surface area (Å²) in [6.07, 6.45) is 3.32. The SMILES string of the molecule is CN=C(NCCCN1CCCN(C)CC1)NCCc1cc(C)ccc1OC.I. The summed E-state index contributed by atoms with van der Waals surface area (Å²) in [6, 6.07) is 6.31. The molecule has 28 heavy (non-hydrogen) atoms. The van der Waals surface area contributed by atoms with Crippen LogP contribution in [0.15, 0.2) is 23.2 Å². The molecule has 2 rings (SSSR count). The van der Waals surface area contributed by atoms with Crippen molar-refractivity contribution in [1.82, 2.24) is 20.4 Å². The van der Waals surface area contributed by atoms with Crippen molar-refractivity contribution in [2.75, 3.05) is 67.0 Å². The third-order valence-corrected chi connectivity index (χ3v) is 5.10. The van der Waals surface area contributed by atoms with Crippen molar-refractivity contribution >= 4 is 29.9 Å². The van der Waals surface area contributed by atoms with Gasteiger partial charge in [0.05, 0.1) is 7.11 Å². The highest BCUT2D eigenvalue weighted by Gasteiger charge is 2.11. The molecule has 1 aliphatic heterocycles. The third kappa shape index (κ3) is 8.96. The van der Waals surface area contributed by atoms with E-state index in [2.05, 4.69) is 51.5 Å². The van der Waals surface area contributed by atoms with Gasteiger partial charge in [-0.05, 0) is 64.5 Å². The van der Waals surface area contributed by atoms with Crippen LogP contribution in [0.3, 0.4) is 0 Å². The van der Waals surface area contributed by atoms with Gasteiger partial charge in [-0.25, -0.2) is 0 Å². The van der Waals surface area contributed by atoms with E-state index >= 15 is 0 Å². The number of hydrogen-bond donors (Lipinski definition) is 2. The molecular weight excluding hydrogens is 465 g/mol. The highest BCUT2D eigenvalue weighted by molar-refractivity contribution is 14.0. The van der Waals surface area contributed by atoms with E-state index in [1.807, 2.05) is 13.1 Å². The fourth-order valence-electron chi connectivity index (χ4n) is 3.47.